The molecule has 3 N–H and O–H groups in total. The van der Waals surface area contributed by atoms with Gasteiger partial charge in [-0.15, -0.1) is 0 Å². The highest BCUT2D eigenvalue weighted by molar-refractivity contribution is 5.93. The Morgan fingerprint density at radius 2 is 1.01 bits per heavy atom. The van der Waals surface area contributed by atoms with Crippen molar-refractivity contribution < 1.29 is 67.0 Å². The van der Waals surface area contributed by atoms with E-state index in [1.807, 2.05) is 6.07 Å². The van der Waals surface area contributed by atoms with E-state index in [4.69, 9.17) is 33.2 Å². The summed E-state index contributed by atoms with van der Waals surface area (Å²) < 4.78 is 39.4. The maximum Gasteiger partial charge on any atom is 0.328 e. The Labute approximate surface area is 404 Å². The van der Waals surface area contributed by atoms with Gasteiger partial charge in [0.15, 0.2) is 0 Å². The van der Waals surface area contributed by atoms with E-state index >= 15 is 0 Å². The molecule has 2 saturated heterocycles. The monoisotopic (exact) mass is 962 g/mol. The standard InChI is InChI=1S/C26H36N2O7.C25H34N2O7/c1-32-19-11-17-12-20(14-19)34-9-6-10-35-21-15-22(26(31)33-2)28(16-21)25(30)24(27-23(29)13-17)18-7-4-3-5-8-18;1-32-18-10-16-11-19(13-18)33-8-5-9-34-20-14-21(25(30)31)27(15-20)24(29)23(26-22(28)12-16)17-6-3-2-4-7-17/h11-12,14,18,21-22,24H,3-10,13,15-16H2,1-2H3,(H,27,29);10-11,13,17,20-21,23H,2-9,12,14-15H2,1H3,(H,26,28)(H,30,31)/t21-,22+,24+;20-,21+,23+/m11/s1. The molecule has 18 heteroatoms. The number of carboxylic acids is 1. The molecule has 0 spiro atoms. The molecule has 4 aliphatic heterocycles. The summed E-state index contributed by atoms with van der Waals surface area (Å²) in [4.78, 5) is 81.3. The first-order chi connectivity index (χ1) is 33.4. The second-order valence-corrected chi connectivity index (χ2v) is 19.0. The van der Waals surface area contributed by atoms with Crippen molar-refractivity contribution in [1.82, 2.24) is 20.4 Å². The molecule has 2 aromatic carbocycles. The number of benzene rings is 2. The van der Waals surface area contributed by atoms with Crippen molar-refractivity contribution in [1.29, 1.82) is 0 Å². The van der Waals surface area contributed by atoms with E-state index in [1.54, 1.807) is 49.5 Å². The van der Waals surface area contributed by atoms with Crippen LogP contribution < -0.4 is 29.6 Å². The first-order valence-electron chi connectivity index (χ1n) is 24.8. The van der Waals surface area contributed by atoms with Crippen LogP contribution in [0.2, 0.25) is 0 Å². The van der Waals surface area contributed by atoms with Gasteiger partial charge in [-0.1, -0.05) is 38.5 Å². The number of hydrogen-bond donors (Lipinski definition) is 3. The summed E-state index contributed by atoms with van der Waals surface area (Å²) in [7, 11) is 4.46. The minimum Gasteiger partial charge on any atom is -0.497 e. The third kappa shape index (κ3) is 13.8. The molecule has 6 atom stereocenters. The molecule has 0 radical (unpaired) electrons. The van der Waals surface area contributed by atoms with Crippen LogP contribution in [0.4, 0.5) is 0 Å². The molecule has 2 aliphatic carbocycles. The van der Waals surface area contributed by atoms with Gasteiger partial charge in [-0.3, -0.25) is 19.2 Å². The van der Waals surface area contributed by atoms with Crippen LogP contribution in [0.25, 0.3) is 0 Å². The number of ether oxygens (including phenoxy) is 7. The van der Waals surface area contributed by atoms with Crippen molar-refractivity contribution >= 4 is 35.6 Å². The lowest BCUT2D eigenvalue weighted by molar-refractivity contribution is -0.152. The summed E-state index contributed by atoms with van der Waals surface area (Å²) >= 11 is 0. The molecular weight excluding hydrogens is 893 g/mol. The predicted molar refractivity (Wildman–Crippen MR) is 250 cm³/mol. The molecule has 18 nitrogen and oxygen atoms in total. The van der Waals surface area contributed by atoms with E-state index in [9.17, 15) is 33.9 Å². The maximum atomic E-state index is 13.9. The lowest BCUT2D eigenvalue weighted by atomic mass is 9.83. The summed E-state index contributed by atoms with van der Waals surface area (Å²) in [6.45, 7) is 2.19. The zero-order valence-corrected chi connectivity index (χ0v) is 40.3. The van der Waals surface area contributed by atoms with Crippen LogP contribution in [0.15, 0.2) is 36.4 Å². The molecule has 4 amide bonds. The molecular formula is C51H70N4O14. The van der Waals surface area contributed by atoms with E-state index in [1.165, 1.54) is 12.0 Å². The zero-order valence-electron chi connectivity index (χ0n) is 40.3. The van der Waals surface area contributed by atoms with Gasteiger partial charge in [0.1, 0.15) is 47.2 Å². The van der Waals surface area contributed by atoms with Crippen molar-refractivity contribution in [3.8, 4) is 23.0 Å². The molecule has 2 saturated carbocycles. The van der Waals surface area contributed by atoms with Gasteiger partial charge in [0.2, 0.25) is 23.6 Å². The van der Waals surface area contributed by atoms with Crippen LogP contribution in [0.1, 0.15) is 101 Å². The highest BCUT2D eigenvalue weighted by atomic mass is 16.5. The largest absolute Gasteiger partial charge is 0.497 e. The van der Waals surface area contributed by atoms with Crippen molar-refractivity contribution in [3.05, 3.63) is 47.5 Å². The van der Waals surface area contributed by atoms with E-state index in [0.717, 1.165) is 75.3 Å². The molecule has 0 unspecified atom stereocenters. The Balaban J connectivity index is 0.000000204. The predicted octanol–water partition coefficient (Wildman–Crippen LogP) is 4.40. The van der Waals surface area contributed by atoms with Crippen LogP contribution >= 0.6 is 0 Å². The SMILES string of the molecule is COC(=O)[C@@H]1C[C@@H]2CN1C(=O)[C@H](C1CCCCC1)NC(=O)Cc1cc(OC)cc(c1)OCCCO2.COc1cc2cc(c1)OCCCO[C@@H]1C[C@@H](C(=O)O)N(C1)C(=O)[C@H](C1CCCCC1)NC(=O)C2. The van der Waals surface area contributed by atoms with Crippen LogP contribution in [0, 0.1) is 11.8 Å². The smallest absolute Gasteiger partial charge is 0.328 e. The summed E-state index contributed by atoms with van der Waals surface area (Å²) in [5, 5.41) is 15.8. The molecule has 378 valence electrons. The molecule has 2 aromatic rings. The number of carbonyl (C=O) groups is 6. The number of hydrogen-bond acceptors (Lipinski definition) is 13. The number of aliphatic carboxylic acids is 1. The van der Waals surface area contributed by atoms with Crippen LogP contribution in [-0.4, -0.2) is 148 Å². The molecule has 4 heterocycles. The van der Waals surface area contributed by atoms with Gasteiger partial charge in [0.25, 0.3) is 0 Å². The first-order valence-corrected chi connectivity index (χ1v) is 24.8. The molecule has 4 fully saturated rings. The van der Waals surface area contributed by atoms with Gasteiger partial charge in [-0.25, -0.2) is 9.59 Å². The number of fused-ring (bicyclic) bond motifs is 8. The minimum atomic E-state index is -1.04. The van der Waals surface area contributed by atoms with E-state index in [0.29, 0.717) is 75.2 Å². The average molecular weight is 963 g/mol. The number of carboxylic acid groups (broad SMARTS) is 1. The van der Waals surface area contributed by atoms with Gasteiger partial charge < -0.3 is 58.7 Å². The number of esters is 1. The number of amides is 4. The van der Waals surface area contributed by atoms with Crippen molar-refractivity contribution in [2.75, 3.05) is 60.8 Å². The van der Waals surface area contributed by atoms with E-state index in [-0.39, 0.29) is 73.5 Å². The Kier molecular flexibility index (Phi) is 18.4. The molecule has 8 bridgehead atoms. The highest BCUT2D eigenvalue weighted by Gasteiger charge is 2.46. The Hall–Kier alpha value is -5.62. The number of nitrogens with zero attached hydrogens (tertiary/aromatic N) is 2. The quantitative estimate of drug-likeness (QED) is 0.342. The third-order valence-corrected chi connectivity index (χ3v) is 14.2. The Bertz CT molecular complexity index is 2110. The van der Waals surface area contributed by atoms with E-state index < -0.39 is 36.1 Å². The molecule has 8 rings (SSSR count). The average Bonchev–Trinajstić information content (AvgIpc) is 3.99. The normalized spacial score (nSPS) is 26.8. The van der Waals surface area contributed by atoms with Crippen molar-refractivity contribution in [2.24, 2.45) is 11.8 Å². The lowest BCUT2D eigenvalue weighted by Crippen LogP contribution is -2.55. The van der Waals surface area contributed by atoms with Crippen molar-refractivity contribution in [2.45, 2.75) is 139 Å². The van der Waals surface area contributed by atoms with Gasteiger partial charge in [0, 0.05) is 50.9 Å². The van der Waals surface area contributed by atoms with Gasteiger partial charge in [0.05, 0.1) is 72.8 Å². The Morgan fingerprint density at radius 1 is 0.580 bits per heavy atom. The van der Waals surface area contributed by atoms with Crippen molar-refractivity contribution in [3.63, 3.8) is 0 Å². The highest BCUT2D eigenvalue weighted by Crippen LogP contribution is 2.33. The fraction of sp³-hybridized carbons (Fsp3) is 0.647. The maximum absolute atomic E-state index is 13.9. The summed E-state index contributed by atoms with van der Waals surface area (Å²) in [6, 6.07) is 7.66. The van der Waals surface area contributed by atoms with Crippen LogP contribution in [0.5, 0.6) is 23.0 Å². The zero-order chi connectivity index (χ0) is 48.9. The summed E-state index contributed by atoms with van der Waals surface area (Å²) in [6.07, 6.45) is 11.1. The summed E-state index contributed by atoms with van der Waals surface area (Å²) in [5.74, 6) is -0.142. The van der Waals surface area contributed by atoms with Gasteiger partial charge >= 0.3 is 11.9 Å². The van der Waals surface area contributed by atoms with Crippen LogP contribution in [0.3, 0.4) is 0 Å². The Morgan fingerprint density at radius 3 is 1.43 bits per heavy atom. The van der Waals surface area contributed by atoms with E-state index in [2.05, 4.69) is 10.6 Å². The second kappa shape index (κ2) is 24.8. The lowest BCUT2D eigenvalue weighted by Gasteiger charge is -2.34. The fourth-order valence-electron chi connectivity index (χ4n) is 10.7. The first kappa shape index (κ1) is 51.2. The summed E-state index contributed by atoms with van der Waals surface area (Å²) in [5.41, 5.74) is 1.46. The molecule has 69 heavy (non-hydrogen) atoms. The number of carbonyl (C=O) groups excluding carboxylic acids is 5. The topological polar surface area (TPSA) is 218 Å². The third-order valence-electron chi connectivity index (χ3n) is 14.2. The van der Waals surface area contributed by atoms with Crippen LogP contribution in [-0.2, 0) is 55.8 Å². The van der Waals surface area contributed by atoms with Gasteiger partial charge in [-0.2, -0.15) is 0 Å². The number of nitrogens with one attached hydrogen (secondary N) is 2. The molecule has 0 aromatic heterocycles. The minimum absolute atomic E-state index is 0.0114. The second-order valence-electron chi connectivity index (χ2n) is 19.0. The number of methoxy groups -OCH3 is 3. The number of rotatable bonds is 6. The fourth-order valence-corrected chi connectivity index (χ4v) is 10.7. The molecule has 6 aliphatic rings. The van der Waals surface area contributed by atoms with Gasteiger partial charge in [-0.05, 0) is 72.9 Å².